The smallest absolute Gasteiger partial charge is 0.262 e. The first-order valence-corrected chi connectivity index (χ1v) is 10.9. The molecule has 3 aromatic carbocycles. The van der Waals surface area contributed by atoms with Crippen molar-refractivity contribution in [3.63, 3.8) is 0 Å². The second-order valence-corrected chi connectivity index (χ2v) is 8.63. The zero-order chi connectivity index (χ0) is 23.7. The third kappa shape index (κ3) is 4.82. The van der Waals surface area contributed by atoms with Crippen LogP contribution in [0.4, 0.5) is 5.69 Å². The van der Waals surface area contributed by atoms with E-state index >= 15 is 0 Å². The Balaban J connectivity index is 1.72. The maximum atomic E-state index is 13.4. The van der Waals surface area contributed by atoms with E-state index in [1.807, 2.05) is 83.1 Å². The molecule has 0 saturated carbocycles. The lowest BCUT2D eigenvalue weighted by Crippen LogP contribution is -2.22. The van der Waals surface area contributed by atoms with Gasteiger partial charge in [-0.05, 0) is 75.1 Å². The Labute approximate surface area is 193 Å². The SMILES string of the molecule is Cc1ccc(-c2oc3c(C)cc(C)cc3c(=O)c2OCC(=O)Nc2cc(C)cc(C)c2)cc1. The summed E-state index contributed by atoms with van der Waals surface area (Å²) >= 11 is 0. The van der Waals surface area contributed by atoms with Crippen LogP contribution in [0.1, 0.15) is 27.8 Å². The molecular weight excluding hydrogens is 414 g/mol. The van der Waals surface area contributed by atoms with Crippen molar-refractivity contribution in [2.75, 3.05) is 11.9 Å². The lowest BCUT2D eigenvalue weighted by atomic mass is 10.0. The van der Waals surface area contributed by atoms with Gasteiger partial charge in [-0.15, -0.1) is 0 Å². The maximum Gasteiger partial charge on any atom is 0.262 e. The van der Waals surface area contributed by atoms with E-state index in [9.17, 15) is 9.59 Å². The Morgan fingerprint density at radius 1 is 0.848 bits per heavy atom. The van der Waals surface area contributed by atoms with Crippen LogP contribution in [0.25, 0.3) is 22.3 Å². The van der Waals surface area contributed by atoms with Gasteiger partial charge in [-0.25, -0.2) is 0 Å². The molecule has 0 aliphatic rings. The molecule has 1 aromatic heterocycles. The molecule has 1 amide bonds. The van der Waals surface area contributed by atoms with Gasteiger partial charge in [0.25, 0.3) is 5.91 Å². The van der Waals surface area contributed by atoms with Crippen LogP contribution in [0.2, 0.25) is 0 Å². The summed E-state index contributed by atoms with van der Waals surface area (Å²) in [6, 6.07) is 17.2. The van der Waals surface area contributed by atoms with Crippen LogP contribution in [-0.4, -0.2) is 12.5 Å². The topological polar surface area (TPSA) is 68.5 Å². The van der Waals surface area contributed by atoms with E-state index in [-0.39, 0.29) is 23.7 Å². The summed E-state index contributed by atoms with van der Waals surface area (Å²) in [6.45, 7) is 9.45. The van der Waals surface area contributed by atoms with Gasteiger partial charge >= 0.3 is 0 Å². The Morgan fingerprint density at radius 2 is 1.48 bits per heavy atom. The minimum absolute atomic E-state index is 0.0342. The molecule has 0 radical (unpaired) electrons. The Bertz CT molecular complexity index is 1390. The summed E-state index contributed by atoms with van der Waals surface area (Å²) in [7, 11) is 0. The Hall–Kier alpha value is -3.86. The quantitative estimate of drug-likeness (QED) is 0.411. The first kappa shape index (κ1) is 22.3. The Kier molecular flexibility index (Phi) is 6.05. The predicted octanol–water partition coefficient (Wildman–Crippen LogP) is 6.02. The molecule has 0 saturated heterocycles. The molecule has 168 valence electrons. The van der Waals surface area contributed by atoms with Crippen LogP contribution in [0.3, 0.4) is 0 Å². The van der Waals surface area contributed by atoms with Crippen molar-refractivity contribution < 1.29 is 13.9 Å². The highest BCUT2D eigenvalue weighted by Gasteiger charge is 2.20. The van der Waals surface area contributed by atoms with E-state index in [2.05, 4.69) is 5.32 Å². The highest BCUT2D eigenvalue weighted by Crippen LogP contribution is 2.32. The number of amides is 1. The van der Waals surface area contributed by atoms with Crippen LogP contribution in [-0.2, 0) is 4.79 Å². The molecule has 33 heavy (non-hydrogen) atoms. The van der Waals surface area contributed by atoms with Crippen molar-refractivity contribution in [2.24, 2.45) is 0 Å². The van der Waals surface area contributed by atoms with Gasteiger partial charge in [0.15, 0.2) is 12.4 Å². The van der Waals surface area contributed by atoms with Gasteiger partial charge in [-0.1, -0.05) is 42.0 Å². The van der Waals surface area contributed by atoms with Crippen molar-refractivity contribution in [3.05, 3.63) is 92.6 Å². The zero-order valence-electron chi connectivity index (χ0n) is 19.5. The number of ether oxygens (including phenoxy) is 1. The predicted molar refractivity (Wildman–Crippen MR) is 132 cm³/mol. The molecule has 5 heteroatoms. The van der Waals surface area contributed by atoms with Crippen LogP contribution in [0, 0.1) is 34.6 Å². The van der Waals surface area contributed by atoms with E-state index < -0.39 is 0 Å². The second kappa shape index (κ2) is 8.94. The number of carbonyl (C=O) groups excluding carboxylic acids is 1. The maximum absolute atomic E-state index is 13.4. The average Bonchev–Trinajstić information content (AvgIpc) is 2.73. The summed E-state index contributed by atoms with van der Waals surface area (Å²) in [5.74, 6) is 0.000328. The van der Waals surface area contributed by atoms with E-state index in [1.165, 1.54) is 0 Å². The van der Waals surface area contributed by atoms with Gasteiger partial charge in [0.2, 0.25) is 11.2 Å². The lowest BCUT2D eigenvalue weighted by molar-refractivity contribution is -0.118. The summed E-state index contributed by atoms with van der Waals surface area (Å²) in [6.07, 6.45) is 0. The summed E-state index contributed by atoms with van der Waals surface area (Å²) in [5, 5.41) is 3.28. The van der Waals surface area contributed by atoms with Crippen LogP contribution >= 0.6 is 0 Å². The van der Waals surface area contributed by atoms with Crippen molar-refractivity contribution >= 4 is 22.6 Å². The van der Waals surface area contributed by atoms with E-state index in [0.29, 0.717) is 28.0 Å². The van der Waals surface area contributed by atoms with Crippen molar-refractivity contribution in [2.45, 2.75) is 34.6 Å². The molecule has 0 fully saturated rings. The molecule has 5 nitrogen and oxygen atoms in total. The van der Waals surface area contributed by atoms with Crippen molar-refractivity contribution in [3.8, 4) is 17.1 Å². The van der Waals surface area contributed by atoms with Gasteiger partial charge in [-0.2, -0.15) is 0 Å². The number of fused-ring (bicyclic) bond motifs is 1. The third-order valence-corrected chi connectivity index (χ3v) is 5.45. The number of rotatable bonds is 5. The largest absolute Gasteiger partial charge is 0.476 e. The van der Waals surface area contributed by atoms with Gasteiger partial charge in [-0.3, -0.25) is 9.59 Å². The number of anilines is 1. The van der Waals surface area contributed by atoms with Gasteiger partial charge in [0.05, 0.1) is 5.39 Å². The summed E-state index contributed by atoms with van der Waals surface area (Å²) < 4.78 is 12.0. The molecule has 4 rings (SSSR count). The molecule has 0 spiro atoms. The average molecular weight is 442 g/mol. The fourth-order valence-electron chi connectivity index (χ4n) is 4.04. The molecule has 0 unspecified atom stereocenters. The standard InChI is InChI=1S/C28H27NO4/c1-16-6-8-21(9-7-16)27-28(25(31)23-14-19(4)11-20(5)26(23)33-27)32-15-24(30)29-22-12-17(2)10-18(3)13-22/h6-14H,15H2,1-5H3,(H,29,30). The van der Waals surface area contributed by atoms with Gasteiger partial charge < -0.3 is 14.5 Å². The third-order valence-electron chi connectivity index (χ3n) is 5.45. The minimum atomic E-state index is -0.352. The highest BCUT2D eigenvalue weighted by molar-refractivity contribution is 5.92. The van der Waals surface area contributed by atoms with Gasteiger partial charge in [0.1, 0.15) is 5.58 Å². The minimum Gasteiger partial charge on any atom is -0.476 e. The molecule has 1 N–H and O–H groups in total. The van der Waals surface area contributed by atoms with Crippen LogP contribution in [0.5, 0.6) is 5.75 Å². The van der Waals surface area contributed by atoms with Gasteiger partial charge in [0, 0.05) is 11.3 Å². The first-order chi connectivity index (χ1) is 15.7. The van der Waals surface area contributed by atoms with E-state index in [4.69, 9.17) is 9.15 Å². The Morgan fingerprint density at radius 3 is 2.15 bits per heavy atom. The number of nitrogens with one attached hydrogen (secondary N) is 1. The lowest BCUT2D eigenvalue weighted by Gasteiger charge is -2.14. The number of aryl methyl sites for hydroxylation is 5. The molecule has 0 aliphatic carbocycles. The van der Waals surface area contributed by atoms with Crippen LogP contribution < -0.4 is 15.5 Å². The molecule has 0 aliphatic heterocycles. The fraction of sp³-hybridized carbons (Fsp3) is 0.214. The fourth-order valence-corrected chi connectivity index (χ4v) is 4.04. The van der Waals surface area contributed by atoms with Crippen molar-refractivity contribution in [1.82, 2.24) is 0 Å². The number of benzene rings is 3. The van der Waals surface area contributed by atoms with E-state index in [1.54, 1.807) is 6.07 Å². The molecule has 4 aromatic rings. The number of carbonyl (C=O) groups is 1. The van der Waals surface area contributed by atoms with E-state index in [0.717, 1.165) is 27.8 Å². The van der Waals surface area contributed by atoms with Crippen LogP contribution in [0.15, 0.2) is 63.8 Å². The monoisotopic (exact) mass is 441 g/mol. The zero-order valence-corrected chi connectivity index (χ0v) is 19.5. The first-order valence-electron chi connectivity index (χ1n) is 10.9. The molecule has 1 heterocycles. The molecule has 0 bridgehead atoms. The molecular formula is C28H27NO4. The van der Waals surface area contributed by atoms with Crippen molar-refractivity contribution in [1.29, 1.82) is 0 Å². The summed E-state index contributed by atoms with van der Waals surface area (Å²) in [4.78, 5) is 26.1. The molecule has 0 atom stereocenters. The second-order valence-electron chi connectivity index (χ2n) is 8.63. The highest BCUT2D eigenvalue weighted by atomic mass is 16.5. The normalized spacial score (nSPS) is 10.9. The summed E-state index contributed by atoms with van der Waals surface area (Å²) in [5.41, 5.74) is 6.64. The number of hydrogen-bond acceptors (Lipinski definition) is 4. The number of hydrogen-bond donors (Lipinski definition) is 1.